The first kappa shape index (κ1) is 9.81. The van der Waals surface area contributed by atoms with Crippen LogP contribution in [0.1, 0.15) is 12.8 Å². The molecule has 0 aromatic rings. The molecule has 0 aromatic heterocycles. The zero-order valence-electron chi connectivity index (χ0n) is 6.12. The Balaban J connectivity index is 2.86. The van der Waals surface area contributed by atoms with Crippen molar-refractivity contribution in [3.63, 3.8) is 0 Å². The molecule has 0 aliphatic carbocycles. The van der Waals surface area contributed by atoms with Crippen molar-refractivity contribution in [1.29, 1.82) is 0 Å². The lowest BCUT2D eigenvalue weighted by atomic mass is 10.3. The normalized spacial score (nSPS) is 31.0. The molecule has 1 rings (SSSR count). The number of aliphatic hydroxyl groups excluding tert-OH is 1. The average Bonchev–Trinajstić information content (AvgIpc) is 2.03. The van der Waals surface area contributed by atoms with E-state index >= 15 is 0 Å². The lowest BCUT2D eigenvalue weighted by Gasteiger charge is -2.35. The van der Waals surface area contributed by atoms with E-state index < -0.39 is 18.2 Å². The summed E-state index contributed by atoms with van der Waals surface area (Å²) in [6, 6.07) is 0. The second kappa shape index (κ2) is 2.60. The fourth-order valence-corrected chi connectivity index (χ4v) is 1.25. The highest BCUT2D eigenvalue weighted by atomic mass is 16.7. The SMILES string of the molecule is OC1CCC(O)(O)N1C(O)(O)O. The molecule has 0 aromatic carbocycles. The number of aliphatic hydroxyl groups is 6. The van der Waals surface area contributed by atoms with E-state index in [0.717, 1.165) is 0 Å². The maximum Gasteiger partial charge on any atom is 0.352 e. The number of rotatable bonds is 1. The molecule has 1 atom stereocenters. The van der Waals surface area contributed by atoms with Gasteiger partial charge in [0, 0.05) is 6.42 Å². The second-order valence-electron chi connectivity index (χ2n) is 2.76. The second-order valence-corrected chi connectivity index (χ2v) is 2.76. The molecule has 7 nitrogen and oxygen atoms in total. The van der Waals surface area contributed by atoms with Gasteiger partial charge in [0.05, 0.1) is 0 Å². The van der Waals surface area contributed by atoms with E-state index in [2.05, 4.69) is 0 Å². The Morgan fingerprint density at radius 1 is 1.25 bits per heavy atom. The van der Waals surface area contributed by atoms with Crippen LogP contribution in [0.4, 0.5) is 0 Å². The summed E-state index contributed by atoms with van der Waals surface area (Å²) in [5, 5.41) is 52.7. The first-order valence-corrected chi connectivity index (χ1v) is 3.34. The van der Waals surface area contributed by atoms with Crippen molar-refractivity contribution in [3.05, 3.63) is 0 Å². The standard InChI is InChI=1S/C5H11NO6/c7-3-1-2-4(8,9)6(3)5(10,11)12/h3,7-12H,1-2H2. The summed E-state index contributed by atoms with van der Waals surface area (Å²) < 4.78 is 0. The quantitative estimate of drug-likeness (QED) is 0.233. The average molecular weight is 181 g/mol. The van der Waals surface area contributed by atoms with Crippen molar-refractivity contribution >= 4 is 0 Å². The Morgan fingerprint density at radius 3 is 1.92 bits per heavy atom. The molecule has 0 radical (unpaired) electrons. The van der Waals surface area contributed by atoms with Crippen LogP contribution < -0.4 is 0 Å². The molecule has 0 saturated carbocycles. The van der Waals surface area contributed by atoms with Crippen LogP contribution in [0.25, 0.3) is 0 Å². The first-order valence-electron chi connectivity index (χ1n) is 3.34. The third-order valence-electron chi connectivity index (χ3n) is 1.75. The molecule has 1 aliphatic heterocycles. The summed E-state index contributed by atoms with van der Waals surface area (Å²) in [5.74, 6) is -2.60. The summed E-state index contributed by atoms with van der Waals surface area (Å²) in [6.45, 7) is 0. The molecular weight excluding hydrogens is 170 g/mol. The molecule has 1 aliphatic rings. The lowest BCUT2D eigenvalue weighted by Crippen LogP contribution is -2.60. The van der Waals surface area contributed by atoms with Gasteiger partial charge in [-0.15, -0.1) is 4.90 Å². The maximum atomic E-state index is 9.00. The molecule has 6 N–H and O–H groups in total. The van der Waals surface area contributed by atoms with Gasteiger partial charge in [-0.1, -0.05) is 0 Å². The summed E-state index contributed by atoms with van der Waals surface area (Å²) >= 11 is 0. The monoisotopic (exact) mass is 181 g/mol. The summed E-state index contributed by atoms with van der Waals surface area (Å²) in [5.41, 5.74) is 0. The van der Waals surface area contributed by atoms with Crippen molar-refractivity contribution in [1.82, 2.24) is 4.90 Å². The molecule has 1 fully saturated rings. The Hall–Kier alpha value is -0.280. The van der Waals surface area contributed by atoms with Gasteiger partial charge in [0.1, 0.15) is 6.23 Å². The van der Waals surface area contributed by atoms with Gasteiger partial charge >= 0.3 is 6.10 Å². The zero-order valence-corrected chi connectivity index (χ0v) is 6.12. The van der Waals surface area contributed by atoms with Crippen molar-refractivity contribution in [3.8, 4) is 0 Å². The predicted molar refractivity (Wildman–Crippen MR) is 33.6 cm³/mol. The minimum absolute atomic E-state index is 0.0139. The van der Waals surface area contributed by atoms with Crippen LogP contribution in [0.5, 0.6) is 0 Å². The summed E-state index contributed by atoms with van der Waals surface area (Å²) in [6.07, 6.45) is -5.28. The Labute approximate surface area is 67.7 Å². The van der Waals surface area contributed by atoms with Gasteiger partial charge in [-0.3, -0.25) is 0 Å². The van der Waals surface area contributed by atoms with Crippen LogP contribution in [0.15, 0.2) is 0 Å². The molecule has 7 heteroatoms. The van der Waals surface area contributed by atoms with Crippen LogP contribution >= 0.6 is 0 Å². The maximum absolute atomic E-state index is 9.00. The Bertz CT molecular complexity index is 175. The summed E-state index contributed by atoms with van der Waals surface area (Å²) in [7, 11) is 0. The first-order chi connectivity index (χ1) is 5.25. The van der Waals surface area contributed by atoms with Crippen LogP contribution in [0, 0.1) is 0 Å². The molecule has 1 heterocycles. The van der Waals surface area contributed by atoms with Crippen molar-refractivity contribution in [2.24, 2.45) is 0 Å². The van der Waals surface area contributed by atoms with Gasteiger partial charge in [-0.05, 0) is 6.42 Å². The van der Waals surface area contributed by atoms with Gasteiger partial charge in [0.25, 0.3) is 0 Å². The largest absolute Gasteiger partial charge is 0.378 e. The fraction of sp³-hybridized carbons (Fsp3) is 1.00. The van der Waals surface area contributed by atoms with Crippen molar-refractivity contribution in [2.45, 2.75) is 31.1 Å². The van der Waals surface area contributed by atoms with Crippen LogP contribution in [0.3, 0.4) is 0 Å². The summed E-state index contributed by atoms with van der Waals surface area (Å²) in [4.78, 5) is -0.0139. The molecule has 0 spiro atoms. The molecule has 12 heavy (non-hydrogen) atoms. The third kappa shape index (κ3) is 1.57. The molecule has 0 amide bonds. The van der Waals surface area contributed by atoms with Gasteiger partial charge < -0.3 is 30.6 Å². The smallest absolute Gasteiger partial charge is 0.352 e. The molecule has 0 bridgehead atoms. The van der Waals surface area contributed by atoms with E-state index in [9.17, 15) is 0 Å². The van der Waals surface area contributed by atoms with Gasteiger partial charge in [-0.25, -0.2) is 0 Å². The minimum atomic E-state index is -3.43. The minimum Gasteiger partial charge on any atom is -0.378 e. The van der Waals surface area contributed by atoms with Gasteiger partial charge in [-0.2, -0.15) is 0 Å². The number of likely N-dealkylation sites (tertiary alicyclic amines) is 1. The van der Waals surface area contributed by atoms with E-state index in [1.165, 1.54) is 0 Å². The van der Waals surface area contributed by atoms with E-state index in [0.29, 0.717) is 0 Å². The van der Waals surface area contributed by atoms with E-state index in [1.54, 1.807) is 0 Å². The topological polar surface area (TPSA) is 125 Å². The van der Waals surface area contributed by atoms with E-state index in [1.807, 2.05) is 0 Å². The molecule has 72 valence electrons. The third-order valence-corrected chi connectivity index (χ3v) is 1.75. The molecule has 1 saturated heterocycles. The Kier molecular flexibility index (Phi) is 2.13. The van der Waals surface area contributed by atoms with Crippen molar-refractivity contribution in [2.75, 3.05) is 0 Å². The fourth-order valence-electron chi connectivity index (χ4n) is 1.25. The number of nitrogens with zero attached hydrogens (tertiary/aromatic N) is 1. The van der Waals surface area contributed by atoms with Crippen LogP contribution in [-0.4, -0.2) is 53.8 Å². The number of hydrogen-bond acceptors (Lipinski definition) is 7. The van der Waals surface area contributed by atoms with Crippen LogP contribution in [-0.2, 0) is 0 Å². The Morgan fingerprint density at radius 2 is 1.75 bits per heavy atom. The predicted octanol–water partition coefficient (Wildman–Crippen LogP) is -3.37. The van der Waals surface area contributed by atoms with E-state index in [4.69, 9.17) is 30.6 Å². The van der Waals surface area contributed by atoms with Crippen LogP contribution in [0.2, 0.25) is 0 Å². The zero-order chi connectivity index (χ0) is 9.57. The molecular formula is C5H11NO6. The van der Waals surface area contributed by atoms with Gasteiger partial charge in [0.15, 0.2) is 0 Å². The van der Waals surface area contributed by atoms with Gasteiger partial charge in [0.2, 0.25) is 5.91 Å². The lowest BCUT2D eigenvalue weighted by molar-refractivity contribution is -0.468. The molecule has 1 unspecified atom stereocenters. The highest BCUT2D eigenvalue weighted by molar-refractivity contribution is 4.81. The highest BCUT2D eigenvalue weighted by Gasteiger charge is 2.53. The number of hydrogen-bond donors (Lipinski definition) is 6. The van der Waals surface area contributed by atoms with Crippen molar-refractivity contribution < 1.29 is 30.6 Å². The van der Waals surface area contributed by atoms with E-state index in [-0.39, 0.29) is 17.7 Å². The highest BCUT2D eigenvalue weighted by Crippen LogP contribution is 2.32.